The summed E-state index contributed by atoms with van der Waals surface area (Å²) in [6.45, 7) is 4.81. The predicted molar refractivity (Wildman–Crippen MR) is 146 cm³/mol. The van der Waals surface area contributed by atoms with Crippen molar-refractivity contribution in [2.24, 2.45) is 0 Å². The van der Waals surface area contributed by atoms with Crippen molar-refractivity contribution in [1.29, 1.82) is 0 Å². The van der Waals surface area contributed by atoms with Crippen LogP contribution in [0.4, 0.5) is 22.7 Å². The lowest BCUT2D eigenvalue weighted by atomic mass is 9.77. The first kappa shape index (κ1) is 19.3. The molecule has 1 atom stereocenters. The van der Waals surface area contributed by atoms with Gasteiger partial charge in [-0.15, -0.1) is 0 Å². The molecule has 0 fully saturated rings. The molecule has 0 bridgehead atoms. The van der Waals surface area contributed by atoms with E-state index in [0.717, 1.165) is 17.8 Å². The van der Waals surface area contributed by atoms with E-state index in [-0.39, 0.29) is 5.41 Å². The highest BCUT2D eigenvalue weighted by Crippen LogP contribution is 2.65. The molecule has 8 rings (SSSR count). The van der Waals surface area contributed by atoms with Crippen molar-refractivity contribution >= 4 is 28.3 Å². The van der Waals surface area contributed by atoms with Gasteiger partial charge >= 0.3 is 0 Å². The molecule has 0 amide bonds. The van der Waals surface area contributed by atoms with Crippen LogP contribution in [0.3, 0.4) is 0 Å². The smallest absolute Gasteiger partial charge is 0.0537 e. The van der Waals surface area contributed by atoms with Crippen LogP contribution in [0.15, 0.2) is 108 Å². The lowest BCUT2D eigenvalue weighted by molar-refractivity contribution is 0.648. The van der Waals surface area contributed by atoms with Crippen LogP contribution in [0.25, 0.3) is 16.7 Å². The van der Waals surface area contributed by atoms with Gasteiger partial charge in [-0.2, -0.15) is 0 Å². The van der Waals surface area contributed by atoms with Crippen molar-refractivity contribution in [1.82, 2.24) is 0 Å². The molecule has 2 heteroatoms. The quantitative estimate of drug-likeness (QED) is 0.329. The lowest BCUT2D eigenvalue weighted by Gasteiger charge is -2.31. The van der Waals surface area contributed by atoms with Gasteiger partial charge in [0.15, 0.2) is 0 Å². The highest BCUT2D eigenvalue weighted by molar-refractivity contribution is 6.08. The first-order valence-corrected chi connectivity index (χ1v) is 12.6. The third-order valence-electron chi connectivity index (χ3n) is 8.44. The monoisotopic (exact) mass is 450 g/mol. The van der Waals surface area contributed by atoms with E-state index in [2.05, 4.69) is 121 Å². The molecule has 0 radical (unpaired) electrons. The molecule has 4 aliphatic rings. The van der Waals surface area contributed by atoms with Crippen LogP contribution in [0.5, 0.6) is 0 Å². The Balaban J connectivity index is 1.48. The predicted octanol–water partition coefficient (Wildman–Crippen LogP) is 8.68. The van der Waals surface area contributed by atoms with Gasteiger partial charge in [0, 0.05) is 45.2 Å². The van der Waals surface area contributed by atoms with Crippen LogP contribution in [-0.2, 0) is 5.41 Å². The molecule has 1 N–H and O–H groups in total. The fourth-order valence-corrected chi connectivity index (χ4v) is 6.93. The number of para-hydroxylation sites is 3. The molecule has 35 heavy (non-hydrogen) atoms. The zero-order chi connectivity index (χ0) is 23.3. The van der Waals surface area contributed by atoms with Gasteiger partial charge in [-0.05, 0) is 70.6 Å². The van der Waals surface area contributed by atoms with Crippen molar-refractivity contribution in [3.05, 3.63) is 125 Å². The molecule has 0 spiro atoms. The second-order valence-corrected chi connectivity index (χ2v) is 10.6. The number of hydrogen-bond donors (Lipinski definition) is 1. The van der Waals surface area contributed by atoms with Crippen LogP contribution < -0.4 is 10.2 Å². The van der Waals surface area contributed by atoms with E-state index in [4.69, 9.17) is 0 Å². The SMILES string of the molecule is CC1(C)C2=CCC3C4=C2c2c(cc(Nc5ccccc5)cc21)-c1ccccc1N4c1ccccc13. The standard InChI is InChI=1S/C33H26N2/c1-33(2)26-17-16-24-22-12-6-8-14-28(22)35-29-15-9-7-13-23(29)25-18-21(34-20-10-4-3-5-11-20)19-27(33)30(25)31(26)32(24)35/h3-15,17-19,24,34H,16H2,1-2H3. The van der Waals surface area contributed by atoms with Crippen molar-refractivity contribution in [2.45, 2.75) is 31.6 Å². The minimum absolute atomic E-state index is 0.0432. The summed E-state index contributed by atoms with van der Waals surface area (Å²) < 4.78 is 0. The van der Waals surface area contributed by atoms with E-state index in [9.17, 15) is 0 Å². The first-order valence-electron chi connectivity index (χ1n) is 12.6. The van der Waals surface area contributed by atoms with Gasteiger partial charge in [0.05, 0.1) is 5.69 Å². The third-order valence-corrected chi connectivity index (χ3v) is 8.44. The zero-order valence-electron chi connectivity index (χ0n) is 20.0. The number of allylic oxidation sites excluding steroid dienone is 4. The van der Waals surface area contributed by atoms with Crippen LogP contribution >= 0.6 is 0 Å². The van der Waals surface area contributed by atoms with Gasteiger partial charge < -0.3 is 10.2 Å². The lowest BCUT2D eigenvalue weighted by Crippen LogP contribution is -2.21. The Morgan fingerprint density at radius 3 is 2.37 bits per heavy atom. The third kappa shape index (κ3) is 2.39. The van der Waals surface area contributed by atoms with E-state index in [1.54, 1.807) is 0 Å². The number of fused-ring (bicyclic) bond motifs is 6. The Kier molecular flexibility index (Phi) is 3.61. The average Bonchev–Trinajstić information content (AvgIpc) is 3.29. The number of benzene rings is 4. The number of anilines is 4. The maximum absolute atomic E-state index is 3.70. The molecular weight excluding hydrogens is 424 g/mol. The van der Waals surface area contributed by atoms with Gasteiger partial charge in [-0.25, -0.2) is 0 Å². The molecule has 4 aromatic carbocycles. The van der Waals surface area contributed by atoms with Crippen molar-refractivity contribution in [3.63, 3.8) is 0 Å². The normalized spacial score (nSPS) is 19.5. The molecule has 1 unspecified atom stereocenters. The maximum atomic E-state index is 3.70. The van der Waals surface area contributed by atoms with Crippen molar-refractivity contribution < 1.29 is 0 Å². The van der Waals surface area contributed by atoms with E-state index in [1.165, 1.54) is 56.0 Å². The molecular formula is C33H26N2. The summed E-state index contributed by atoms with van der Waals surface area (Å²) in [7, 11) is 0. The van der Waals surface area contributed by atoms with E-state index < -0.39 is 0 Å². The van der Waals surface area contributed by atoms with Crippen LogP contribution in [-0.4, -0.2) is 0 Å². The Morgan fingerprint density at radius 1 is 0.771 bits per heavy atom. The minimum Gasteiger partial charge on any atom is -0.356 e. The summed E-state index contributed by atoms with van der Waals surface area (Å²) in [6.07, 6.45) is 3.60. The molecule has 0 aromatic heterocycles. The highest BCUT2D eigenvalue weighted by Gasteiger charge is 2.49. The fraction of sp³-hybridized carbons (Fsp3) is 0.152. The van der Waals surface area contributed by atoms with E-state index in [0.29, 0.717) is 5.92 Å². The van der Waals surface area contributed by atoms with Crippen LogP contribution in [0, 0.1) is 0 Å². The van der Waals surface area contributed by atoms with Gasteiger partial charge in [0.2, 0.25) is 0 Å². The molecule has 0 saturated carbocycles. The largest absolute Gasteiger partial charge is 0.356 e. The summed E-state index contributed by atoms with van der Waals surface area (Å²) in [5, 5.41) is 3.70. The van der Waals surface area contributed by atoms with Gasteiger partial charge in [0.1, 0.15) is 0 Å². The summed E-state index contributed by atoms with van der Waals surface area (Å²) >= 11 is 0. The Morgan fingerprint density at radius 2 is 1.51 bits per heavy atom. The molecule has 2 aliphatic heterocycles. The number of hydrogen-bond acceptors (Lipinski definition) is 2. The molecule has 2 nitrogen and oxygen atoms in total. The van der Waals surface area contributed by atoms with Crippen LogP contribution in [0.2, 0.25) is 0 Å². The van der Waals surface area contributed by atoms with E-state index >= 15 is 0 Å². The molecule has 168 valence electrons. The Labute approximate surface area is 206 Å². The molecule has 2 aliphatic carbocycles. The minimum atomic E-state index is -0.0432. The number of rotatable bonds is 2. The van der Waals surface area contributed by atoms with Crippen molar-refractivity contribution in [2.75, 3.05) is 10.2 Å². The maximum Gasteiger partial charge on any atom is 0.0537 e. The summed E-state index contributed by atoms with van der Waals surface area (Å²) in [6, 6.07) is 33.3. The molecule has 0 saturated heterocycles. The number of nitrogens with one attached hydrogen (secondary N) is 1. The Hall–Kier alpha value is -4.04. The zero-order valence-corrected chi connectivity index (χ0v) is 20.0. The Bertz CT molecular complexity index is 1620. The van der Waals surface area contributed by atoms with Gasteiger partial charge in [-0.1, -0.05) is 74.5 Å². The summed E-state index contributed by atoms with van der Waals surface area (Å²) in [5.41, 5.74) is 16.2. The second-order valence-electron chi connectivity index (χ2n) is 10.6. The molecule has 2 heterocycles. The highest BCUT2D eigenvalue weighted by atomic mass is 15.2. The number of nitrogens with zero attached hydrogens (tertiary/aromatic N) is 1. The van der Waals surface area contributed by atoms with Crippen molar-refractivity contribution in [3.8, 4) is 11.1 Å². The second kappa shape index (κ2) is 6.55. The van der Waals surface area contributed by atoms with Gasteiger partial charge in [-0.3, -0.25) is 0 Å². The fourth-order valence-electron chi connectivity index (χ4n) is 6.93. The topological polar surface area (TPSA) is 15.3 Å². The summed E-state index contributed by atoms with van der Waals surface area (Å²) in [4.78, 5) is 2.58. The van der Waals surface area contributed by atoms with Crippen LogP contribution in [0.1, 0.15) is 42.9 Å². The molecule has 4 aromatic rings. The van der Waals surface area contributed by atoms with Gasteiger partial charge in [0.25, 0.3) is 0 Å². The first-order chi connectivity index (χ1) is 17.1. The van der Waals surface area contributed by atoms with E-state index in [1.807, 2.05) is 0 Å². The summed E-state index contributed by atoms with van der Waals surface area (Å²) in [5.74, 6) is 0.410. The average molecular weight is 451 g/mol.